The number of carbonyl (C=O) groups is 1. The molecule has 25 heavy (non-hydrogen) atoms. The van der Waals surface area contributed by atoms with Crippen molar-refractivity contribution in [2.45, 2.75) is 32.0 Å². The van der Waals surface area contributed by atoms with Gasteiger partial charge in [-0.25, -0.2) is 4.98 Å². The lowest BCUT2D eigenvalue weighted by Crippen LogP contribution is -2.39. The van der Waals surface area contributed by atoms with Crippen LogP contribution in [-0.2, 0) is 17.9 Å². The largest absolute Gasteiger partial charge is 0.390 e. The van der Waals surface area contributed by atoms with Gasteiger partial charge in [0.15, 0.2) is 0 Å². The van der Waals surface area contributed by atoms with Gasteiger partial charge < -0.3 is 14.6 Å². The first-order chi connectivity index (χ1) is 12.1. The molecule has 1 amide bonds. The number of hydrogen-bond donors (Lipinski definition) is 1. The minimum atomic E-state index is -0.537. The first kappa shape index (κ1) is 17.6. The molecular weight excluding hydrogens is 316 g/mol. The molecule has 2 aromatic rings. The number of benzene rings is 1. The summed E-state index contributed by atoms with van der Waals surface area (Å²) in [6, 6.07) is 10.3. The summed E-state index contributed by atoms with van der Waals surface area (Å²) in [5.74, 6) is 1.12. The van der Waals surface area contributed by atoms with Crippen LogP contribution in [-0.4, -0.2) is 63.2 Å². The molecule has 1 aromatic heterocycles. The van der Waals surface area contributed by atoms with E-state index in [0.717, 1.165) is 25.3 Å². The topological polar surface area (TPSA) is 61.6 Å². The van der Waals surface area contributed by atoms with Gasteiger partial charge in [0.1, 0.15) is 5.82 Å². The van der Waals surface area contributed by atoms with Crippen LogP contribution in [0.15, 0.2) is 42.7 Å². The Morgan fingerprint density at radius 2 is 2.12 bits per heavy atom. The SMILES string of the molecule is CN(Cc1nccn1Cc1ccccc1)CC(O)CN1CCCC1=O. The highest BCUT2D eigenvalue weighted by molar-refractivity contribution is 5.78. The van der Waals surface area contributed by atoms with E-state index in [9.17, 15) is 9.90 Å². The number of carbonyl (C=O) groups excluding carboxylic acids is 1. The molecule has 134 valence electrons. The van der Waals surface area contributed by atoms with Crippen LogP contribution in [0.5, 0.6) is 0 Å². The van der Waals surface area contributed by atoms with Gasteiger partial charge >= 0.3 is 0 Å². The number of likely N-dealkylation sites (tertiary alicyclic amines) is 1. The molecule has 1 saturated heterocycles. The molecule has 1 fully saturated rings. The third-order valence-corrected chi connectivity index (χ3v) is 4.53. The summed E-state index contributed by atoms with van der Waals surface area (Å²) in [6.45, 7) is 3.14. The Kier molecular flexibility index (Phi) is 5.83. The van der Waals surface area contributed by atoms with Crippen LogP contribution in [0.4, 0.5) is 0 Å². The number of aromatic nitrogens is 2. The Labute approximate surface area is 148 Å². The van der Waals surface area contributed by atoms with Crippen LogP contribution in [0, 0.1) is 0 Å². The van der Waals surface area contributed by atoms with Crippen molar-refractivity contribution in [1.82, 2.24) is 19.4 Å². The van der Waals surface area contributed by atoms with Crippen molar-refractivity contribution in [3.8, 4) is 0 Å². The van der Waals surface area contributed by atoms with Gasteiger partial charge in [0.25, 0.3) is 0 Å². The molecule has 0 aliphatic carbocycles. The van der Waals surface area contributed by atoms with Gasteiger partial charge in [0.2, 0.25) is 5.91 Å². The number of aliphatic hydroxyl groups is 1. The molecule has 1 aliphatic rings. The Hall–Kier alpha value is -2.18. The fourth-order valence-corrected chi connectivity index (χ4v) is 3.29. The van der Waals surface area contributed by atoms with Crippen LogP contribution in [0.1, 0.15) is 24.2 Å². The van der Waals surface area contributed by atoms with Crippen molar-refractivity contribution in [2.75, 3.05) is 26.7 Å². The average molecular weight is 342 g/mol. The monoisotopic (exact) mass is 342 g/mol. The maximum absolute atomic E-state index is 11.7. The highest BCUT2D eigenvalue weighted by Crippen LogP contribution is 2.11. The standard InChI is InChI=1S/C19H26N4O2/c1-21(13-17(24)14-23-10-5-8-19(23)25)15-18-20-9-11-22(18)12-16-6-3-2-4-7-16/h2-4,6-7,9,11,17,24H,5,8,10,12-15H2,1H3. The van der Waals surface area contributed by atoms with Crippen molar-refractivity contribution in [3.05, 3.63) is 54.1 Å². The predicted octanol–water partition coefficient (Wildman–Crippen LogP) is 1.35. The second-order valence-electron chi connectivity index (χ2n) is 6.75. The third-order valence-electron chi connectivity index (χ3n) is 4.53. The van der Waals surface area contributed by atoms with E-state index in [1.54, 1.807) is 4.90 Å². The van der Waals surface area contributed by atoms with Gasteiger partial charge in [-0.05, 0) is 19.0 Å². The molecule has 0 radical (unpaired) electrons. The van der Waals surface area contributed by atoms with Gasteiger partial charge in [-0.2, -0.15) is 0 Å². The molecule has 1 aromatic carbocycles. The summed E-state index contributed by atoms with van der Waals surface area (Å²) < 4.78 is 2.13. The van der Waals surface area contributed by atoms with Crippen molar-refractivity contribution >= 4 is 5.91 Å². The zero-order chi connectivity index (χ0) is 17.6. The summed E-state index contributed by atoms with van der Waals surface area (Å²) in [7, 11) is 1.97. The minimum absolute atomic E-state index is 0.153. The predicted molar refractivity (Wildman–Crippen MR) is 95.9 cm³/mol. The van der Waals surface area contributed by atoms with E-state index >= 15 is 0 Å². The fourth-order valence-electron chi connectivity index (χ4n) is 3.29. The van der Waals surface area contributed by atoms with E-state index in [1.165, 1.54) is 5.56 Å². The number of aliphatic hydroxyl groups excluding tert-OH is 1. The molecule has 6 heteroatoms. The van der Waals surface area contributed by atoms with Crippen LogP contribution in [0.25, 0.3) is 0 Å². The summed E-state index contributed by atoms with van der Waals surface area (Å²) >= 11 is 0. The molecule has 6 nitrogen and oxygen atoms in total. The second kappa shape index (κ2) is 8.27. The third kappa shape index (κ3) is 4.90. The van der Waals surface area contributed by atoms with Crippen molar-refractivity contribution in [3.63, 3.8) is 0 Å². The van der Waals surface area contributed by atoms with E-state index in [2.05, 4.69) is 26.6 Å². The number of imidazole rings is 1. The zero-order valence-corrected chi connectivity index (χ0v) is 14.7. The van der Waals surface area contributed by atoms with E-state index in [0.29, 0.717) is 26.1 Å². The molecule has 1 N–H and O–H groups in total. The fraction of sp³-hybridized carbons (Fsp3) is 0.474. The zero-order valence-electron chi connectivity index (χ0n) is 14.7. The normalized spacial score (nSPS) is 16.0. The van der Waals surface area contributed by atoms with Crippen molar-refractivity contribution in [1.29, 1.82) is 0 Å². The number of nitrogens with zero attached hydrogens (tertiary/aromatic N) is 4. The highest BCUT2D eigenvalue weighted by Gasteiger charge is 2.23. The summed E-state index contributed by atoms with van der Waals surface area (Å²) in [4.78, 5) is 19.9. The van der Waals surface area contributed by atoms with Crippen LogP contribution in [0.2, 0.25) is 0 Å². The first-order valence-corrected chi connectivity index (χ1v) is 8.80. The molecule has 0 spiro atoms. The van der Waals surface area contributed by atoms with Crippen molar-refractivity contribution in [2.24, 2.45) is 0 Å². The lowest BCUT2D eigenvalue weighted by molar-refractivity contribution is -0.129. The summed E-state index contributed by atoms with van der Waals surface area (Å²) in [5.41, 5.74) is 1.23. The maximum atomic E-state index is 11.7. The molecule has 2 heterocycles. The Balaban J connectivity index is 1.52. The molecule has 1 unspecified atom stereocenters. The molecule has 1 aliphatic heterocycles. The Bertz CT molecular complexity index is 686. The van der Waals surface area contributed by atoms with Gasteiger partial charge in [0, 0.05) is 45.0 Å². The van der Waals surface area contributed by atoms with Crippen LogP contribution < -0.4 is 0 Å². The lowest BCUT2D eigenvalue weighted by atomic mass is 10.2. The Morgan fingerprint density at radius 1 is 1.32 bits per heavy atom. The average Bonchev–Trinajstić information content (AvgIpc) is 3.18. The second-order valence-corrected chi connectivity index (χ2v) is 6.75. The van der Waals surface area contributed by atoms with Crippen molar-refractivity contribution < 1.29 is 9.90 Å². The Morgan fingerprint density at radius 3 is 2.84 bits per heavy atom. The van der Waals surface area contributed by atoms with Gasteiger partial charge in [-0.3, -0.25) is 9.69 Å². The highest BCUT2D eigenvalue weighted by atomic mass is 16.3. The smallest absolute Gasteiger partial charge is 0.222 e. The number of rotatable bonds is 8. The van der Waals surface area contributed by atoms with Gasteiger partial charge in [-0.1, -0.05) is 30.3 Å². The van der Waals surface area contributed by atoms with E-state index < -0.39 is 6.10 Å². The number of amides is 1. The quantitative estimate of drug-likeness (QED) is 0.787. The molecule has 0 bridgehead atoms. The number of likely N-dealkylation sites (N-methyl/N-ethyl adjacent to an activating group) is 1. The molecule has 0 saturated carbocycles. The number of β-amino-alcohol motifs (C(OH)–C–C–N with tert-alkyl or cyclic N) is 1. The van der Waals surface area contributed by atoms with Gasteiger partial charge in [-0.15, -0.1) is 0 Å². The van der Waals surface area contributed by atoms with E-state index in [4.69, 9.17) is 0 Å². The molecule has 3 rings (SSSR count). The lowest BCUT2D eigenvalue weighted by Gasteiger charge is -2.24. The van der Waals surface area contributed by atoms with Crippen LogP contribution >= 0.6 is 0 Å². The molecule has 1 atom stereocenters. The van der Waals surface area contributed by atoms with E-state index in [1.807, 2.05) is 37.6 Å². The summed E-state index contributed by atoms with van der Waals surface area (Å²) in [6.07, 6.45) is 4.77. The summed E-state index contributed by atoms with van der Waals surface area (Å²) in [5, 5.41) is 10.3. The minimum Gasteiger partial charge on any atom is -0.390 e. The number of hydrogen-bond acceptors (Lipinski definition) is 4. The molecular formula is C19H26N4O2. The van der Waals surface area contributed by atoms with E-state index in [-0.39, 0.29) is 5.91 Å². The van der Waals surface area contributed by atoms with Gasteiger partial charge in [0.05, 0.1) is 12.6 Å². The van der Waals surface area contributed by atoms with Crippen LogP contribution in [0.3, 0.4) is 0 Å². The maximum Gasteiger partial charge on any atom is 0.222 e. The first-order valence-electron chi connectivity index (χ1n) is 8.80.